The molecule has 104 valence electrons. The van der Waals surface area contributed by atoms with Gasteiger partial charge >= 0.3 is 5.97 Å². The van der Waals surface area contributed by atoms with E-state index in [0.29, 0.717) is 17.9 Å². The van der Waals surface area contributed by atoms with Gasteiger partial charge in [0.1, 0.15) is 5.41 Å². The average molecular weight is 285 g/mol. The standard InChI is InChI=1S/C13H17ClN2O3/c1-7-11(14)9(16(2)15-7)6-13(12(17)18)5-8-3-4-10(13)19-8/h8,10H,3-6H2,1-2H3,(H,17,18). The van der Waals surface area contributed by atoms with E-state index >= 15 is 0 Å². The molecule has 2 fully saturated rings. The Morgan fingerprint density at radius 2 is 2.37 bits per heavy atom. The van der Waals surface area contributed by atoms with E-state index in [1.165, 1.54) is 0 Å². The van der Waals surface area contributed by atoms with Gasteiger partial charge in [-0.15, -0.1) is 0 Å². The van der Waals surface area contributed by atoms with Crippen LogP contribution in [0.4, 0.5) is 0 Å². The molecule has 2 bridgehead atoms. The molecular weight excluding hydrogens is 268 g/mol. The van der Waals surface area contributed by atoms with E-state index in [-0.39, 0.29) is 12.2 Å². The fraction of sp³-hybridized carbons (Fsp3) is 0.692. The van der Waals surface area contributed by atoms with Crippen LogP contribution in [0.5, 0.6) is 0 Å². The summed E-state index contributed by atoms with van der Waals surface area (Å²) in [6.45, 7) is 1.83. The Bertz CT molecular complexity index is 542. The molecule has 3 heterocycles. The molecule has 0 aromatic carbocycles. The summed E-state index contributed by atoms with van der Waals surface area (Å²) >= 11 is 6.24. The number of carbonyl (C=O) groups is 1. The van der Waals surface area contributed by atoms with Crippen molar-refractivity contribution >= 4 is 17.6 Å². The fourth-order valence-electron chi connectivity index (χ4n) is 3.46. The van der Waals surface area contributed by atoms with Crippen molar-refractivity contribution in [3.63, 3.8) is 0 Å². The van der Waals surface area contributed by atoms with E-state index in [0.717, 1.165) is 24.2 Å². The quantitative estimate of drug-likeness (QED) is 0.921. The van der Waals surface area contributed by atoms with Gasteiger partial charge in [0, 0.05) is 13.5 Å². The summed E-state index contributed by atoms with van der Waals surface area (Å²) in [6, 6.07) is 0. The Kier molecular flexibility index (Phi) is 2.87. The molecule has 0 radical (unpaired) electrons. The Morgan fingerprint density at radius 1 is 1.63 bits per heavy atom. The maximum absolute atomic E-state index is 11.8. The number of hydrogen-bond acceptors (Lipinski definition) is 3. The van der Waals surface area contributed by atoms with Crippen LogP contribution in [0.1, 0.15) is 30.7 Å². The lowest BCUT2D eigenvalue weighted by Gasteiger charge is -2.31. The summed E-state index contributed by atoms with van der Waals surface area (Å²) in [4.78, 5) is 11.8. The Labute approximate surface area is 116 Å². The van der Waals surface area contributed by atoms with E-state index in [1.54, 1.807) is 11.7 Å². The molecule has 0 aliphatic carbocycles. The zero-order chi connectivity index (χ0) is 13.8. The van der Waals surface area contributed by atoms with Gasteiger partial charge in [-0.05, 0) is 26.2 Å². The zero-order valence-corrected chi connectivity index (χ0v) is 11.8. The topological polar surface area (TPSA) is 64.4 Å². The van der Waals surface area contributed by atoms with Crippen LogP contribution in [0.15, 0.2) is 0 Å². The van der Waals surface area contributed by atoms with Crippen molar-refractivity contribution in [1.82, 2.24) is 9.78 Å². The molecule has 2 aliphatic rings. The van der Waals surface area contributed by atoms with Gasteiger partial charge in [0.15, 0.2) is 0 Å². The summed E-state index contributed by atoms with van der Waals surface area (Å²) in [5.74, 6) is -0.783. The Morgan fingerprint density at radius 3 is 2.79 bits per heavy atom. The van der Waals surface area contributed by atoms with Crippen molar-refractivity contribution < 1.29 is 14.6 Å². The second kappa shape index (κ2) is 4.21. The predicted octanol–water partition coefficient (Wildman–Crippen LogP) is 1.95. The van der Waals surface area contributed by atoms with Crippen LogP contribution in [-0.2, 0) is 23.0 Å². The minimum Gasteiger partial charge on any atom is -0.481 e. The Hall–Kier alpha value is -1.07. The SMILES string of the molecule is Cc1nn(C)c(CC2(C(=O)O)CC3CCC2O3)c1Cl. The van der Waals surface area contributed by atoms with Crippen LogP contribution >= 0.6 is 11.6 Å². The third-order valence-corrected chi connectivity index (χ3v) is 4.98. The first-order valence-corrected chi connectivity index (χ1v) is 6.88. The maximum Gasteiger partial charge on any atom is 0.312 e. The van der Waals surface area contributed by atoms with Gasteiger partial charge in [0.2, 0.25) is 0 Å². The molecule has 19 heavy (non-hydrogen) atoms. The molecule has 1 aromatic rings. The summed E-state index contributed by atoms with van der Waals surface area (Å²) in [6.07, 6.45) is 2.66. The molecule has 3 unspecified atom stereocenters. The third-order valence-electron chi connectivity index (χ3n) is 4.49. The number of hydrogen-bond donors (Lipinski definition) is 1. The number of carboxylic acids is 1. The molecule has 1 aromatic heterocycles. The minimum absolute atomic E-state index is 0.0919. The highest BCUT2D eigenvalue weighted by Gasteiger charge is 2.57. The average Bonchev–Trinajstić information content (AvgIpc) is 3.00. The van der Waals surface area contributed by atoms with Gasteiger partial charge in [-0.25, -0.2) is 0 Å². The van der Waals surface area contributed by atoms with Crippen LogP contribution in [0.2, 0.25) is 5.02 Å². The number of aryl methyl sites for hydroxylation is 2. The first kappa shape index (κ1) is 12.9. The number of nitrogens with zero attached hydrogens (tertiary/aromatic N) is 2. The lowest BCUT2D eigenvalue weighted by molar-refractivity contribution is -0.152. The second-order valence-electron chi connectivity index (χ2n) is 5.64. The van der Waals surface area contributed by atoms with E-state index in [1.807, 2.05) is 6.92 Å². The first-order chi connectivity index (χ1) is 8.94. The number of fused-ring (bicyclic) bond motifs is 2. The molecule has 1 N–H and O–H groups in total. The molecule has 5 nitrogen and oxygen atoms in total. The number of ether oxygens (including phenoxy) is 1. The molecule has 2 aliphatic heterocycles. The predicted molar refractivity (Wildman–Crippen MR) is 69.2 cm³/mol. The molecule has 0 spiro atoms. The number of halogens is 1. The lowest BCUT2D eigenvalue weighted by Crippen LogP contribution is -2.42. The van der Waals surface area contributed by atoms with Crippen molar-refractivity contribution in [3.05, 3.63) is 16.4 Å². The van der Waals surface area contributed by atoms with Gasteiger partial charge in [0.25, 0.3) is 0 Å². The largest absolute Gasteiger partial charge is 0.481 e. The zero-order valence-electron chi connectivity index (χ0n) is 11.0. The summed E-state index contributed by atoms with van der Waals surface area (Å²) in [5.41, 5.74) is 0.689. The molecule has 3 rings (SSSR count). The molecule has 0 amide bonds. The first-order valence-electron chi connectivity index (χ1n) is 6.51. The molecule has 3 atom stereocenters. The fourth-order valence-corrected chi connectivity index (χ4v) is 3.68. The van der Waals surface area contributed by atoms with Gasteiger partial charge in [-0.2, -0.15) is 5.10 Å². The smallest absolute Gasteiger partial charge is 0.312 e. The van der Waals surface area contributed by atoms with Crippen LogP contribution in [0.25, 0.3) is 0 Å². The number of aliphatic carboxylic acids is 1. The molecular formula is C13H17ClN2O3. The normalized spacial score (nSPS) is 33.0. The van der Waals surface area contributed by atoms with Crippen molar-refractivity contribution in [2.24, 2.45) is 12.5 Å². The van der Waals surface area contributed by atoms with Crippen LogP contribution in [0, 0.1) is 12.3 Å². The number of carboxylic acid groups (broad SMARTS) is 1. The highest BCUT2D eigenvalue weighted by molar-refractivity contribution is 6.31. The third kappa shape index (κ3) is 1.79. The van der Waals surface area contributed by atoms with Crippen molar-refractivity contribution in [2.45, 2.75) is 44.8 Å². The molecule has 0 saturated carbocycles. The monoisotopic (exact) mass is 284 g/mol. The van der Waals surface area contributed by atoms with E-state index in [9.17, 15) is 9.90 Å². The van der Waals surface area contributed by atoms with Gasteiger partial charge in [-0.1, -0.05) is 11.6 Å². The Balaban J connectivity index is 1.97. The molecule has 2 saturated heterocycles. The van der Waals surface area contributed by atoms with E-state index in [4.69, 9.17) is 16.3 Å². The minimum atomic E-state index is -0.840. The summed E-state index contributed by atoms with van der Waals surface area (Å²) in [7, 11) is 1.80. The van der Waals surface area contributed by atoms with Crippen LogP contribution in [0.3, 0.4) is 0 Å². The van der Waals surface area contributed by atoms with Gasteiger partial charge in [0.05, 0.1) is 28.6 Å². The van der Waals surface area contributed by atoms with E-state index in [2.05, 4.69) is 5.10 Å². The highest BCUT2D eigenvalue weighted by atomic mass is 35.5. The maximum atomic E-state index is 11.8. The lowest BCUT2D eigenvalue weighted by atomic mass is 9.71. The van der Waals surface area contributed by atoms with E-state index < -0.39 is 11.4 Å². The van der Waals surface area contributed by atoms with Crippen LogP contribution < -0.4 is 0 Å². The van der Waals surface area contributed by atoms with Crippen molar-refractivity contribution in [3.8, 4) is 0 Å². The van der Waals surface area contributed by atoms with Crippen molar-refractivity contribution in [1.29, 1.82) is 0 Å². The van der Waals surface area contributed by atoms with Gasteiger partial charge < -0.3 is 9.84 Å². The number of rotatable bonds is 3. The van der Waals surface area contributed by atoms with Crippen molar-refractivity contribution in [2.75, 3.05) is 0 Å². The second-order valence-corrected chi connectivity index (χ2v) is 6.01. The summed E-state index contributed by atoms with van der Waals surface area (Å²) < 4.78 is 7.44. The van der Waals surface area contributed by atoms with Crippen LogP contribution in [-0.4, -0.2) is 33.1 Å². The molecule has 6 heteroatoms. The summed E-state index contributed by atoms with van der Waals surface area (Å²) in [5, 5.41) is 14.5. The highest BCUT2D eigenvalue weighted by Crippen LogP contribution is 2.50. The number of aromatic nitrogens is 2. The van der Waals surface area contributed by atoms with Gasteiger partial charge in [-0.3, -0.25) is 9.48 Å².